The average Bonchev–Trinajstić information content (AvgIpc) is 3.16. The summed E-state index contributed by atoms with van der Waals surface area (Å²) >= 11 is 0. The Morgan fingerprint density at radius 1 is 1.22 bits per heavy atom. The highest BCUT2D eigenvalue weighted by Crippen LogP contribution is 2.27. The van der Waals surface area contributed by atoms with Gasteiger partial charge in [0.25, 0.3) is 0 Å². The summed E-state index contributed by atoms with van der Waals surface area (Å²) in [7, 11) is 0. The van der Waals surface area contributed by atoms with E-state index >= 15 is 0 Å². The van der Waals surface area contributed by atoms with Gasteiger partial charge in [0.15, 0.2) is 0 Å². The van der Waals surface area contributed by atoms with Crippen LogP contribution in [0.5, 0.6) is 0 Å². The van der Waals surface area contributed by atoms with E-state index in [-0.39, 0.29) is 5.91 Å². The smallest absolute Gasteiger partial charge is 0.234 e. The lowest BCUT2D eigenvalue weighted by atomic mass is 10.1. The first-order valence-corrected chi connectivity index (χ1v) is 7.25. The predicted octanol–water partition coefficient (Wildman–Crippen LogP) is -0.898. The van der Waals surface area contributed by atoms with Crippen LogP contribution in [0.25, 0.3) is 0 Å². The van der Waals surface area contributed by atoms with Crippen molar-refractivity contribution in [2.24, 2.45) is 5.92 Å². The summed E-state index contributed by atoms with van der Waals surface area (Å²) in [5.41, 5.74) is 0. The number of hydrogen-bond donors (Lipinski definition) is 2. The van der Waals surface area contributed by atoms with Crippen LogP contribution in [-0.2, 0) is 4.79 Å². The molecule has 0 spiro atoms. The number of amides is 1. The molecule has 2 aliphatic heterocycles. The van der Waals surface area contributed by atoms with Crippen LogP contribution >= 0.6 is 0 Å². The second kappa shape index (κ2) is 5.55. The van der Waals surface area contributed by atoms with E-state index < -0.39 is 0 Å². The van der Waals surface area contributed by atoms with Crippen molar-refractivity contribution >= 4 is 5.91 Å². The van der Waals surface area contributed by atoms with Crippen molar-refractivity contribution in [3.05, 3.63) is 0 Å². The van der Waals surface area contributed by atoms with Crippen molar-refractivity contribution in [2.75, 3.05) is 52.4 Å². The molecule has 3 rings (SSSR count). The van der Waals surface area contributed by atoms with Crippen molar-refractivity contribution in [1.29, 1.82) is 0 Å². The number of nitrogens with zero attached hydrogens (tertiary/aromatic N) is 2. The van der Waals surface area contributed by atoms with Crippen molar-refractivity contribution in [2.45, 2.75) is 18.9 Å². The molecule has 2 N–H and O–H groups in total. The van der Waals surface area contributed by atoms with Crippen LogP contribution < -0.4 is 10.6 Å². The zero-order valence-corrected chi connectivity index (χ0v) is 11.0. The summed E-state index contributed by atoms with van der Waals surface area (Å²) in [6.07, 6.45) is 2.60. The maximum Gasteiger partial charge on any atom is 0.234 e. The van der Waals surface area contributed by atoms with E-state index in [1.165, 1.54) is 12.8 Å². The molecule has 5 nitrogen and oxygen atoms in total. The number of rotatable bonds is 5. The number of likely N-dealkylation sites (tertiary alicyclic amines) is 1. The van der Waals surface area contributed by atoms with Gasteiger partial charge in [-0.1, -0.05) is 0 Å². The van der Waals surface area contributed by atoms with E-state index in [0.717, 1.165) is 51.7 Å². The quantitative estimate of drug-likeness (QED) is 0.666. The van der Waals surface area contributed by atoms with Gasteiger partial charge in [0.05, 0.1) is 6.54 Å². The molecule has 0 aromatic rings. The van der Waals surface area contributed by atoms with Gasteiger partial charge in [-0.2, -0.15) is 0 Å². The van der Waals surface area contributed by atoms with Gasteiger partial charge in [-0.3, -0.25) is 14.6 Å². The first-order chi connectivity index (χ1) is 8.81. The Morgan fingerprint density at radius 2 is 1.94 bits per heavy atom. The number of hydrogen-bond acceptors (Lipinski definition) is 4. The molecule has 1 aliphatic carbocycles. The molecular formula is C13H24N4O. The van der Waals surface area contributed by atoms with Crippen molar-refractivity contribution < 1.29 is 4.79 Å². The SMILES string of the molecule is O=C(CN1CC(N2CCNCC2)C1)NCC1CC1. The van der Waals surface area contributed by atoms with E-state index in [4.69, 9.17) is 0 Å². The maximum atomic E-state index is 11.7. The minimum Gasteiger partial charge on any atom is -0.355 e. The van der Waals surface area contributed by atoms with Crippen LogP contribution in [0.1, 0.15) is 12.8 Å². The first kappa shape index (κ1) is 12.4. The third kappa shape index (κ3) is 3.22. The summed E-state index contributed by atoms with van der Waals surface area (Å²) in [6.45, 7) is 8.16. The Hall–Kier alpha value is -0.650. The van der Waals surface area contributed by atoms with E-state index in [0.29, 0.717) is 12.6 Å². The largest absolute Gasteiger partial charge is 0.355 e. The molecule has 2 heterocycles. The molecule has 0 unspecified atom stereocenters. The number of carbonyl (C=O) groups excluding carboxylic acids is 1. The van der Waals surface area contributed by atoms with Gasteiger partial charge < -0.3 is 10.6 Å². The molecule has 1 amide bonds. The zero-order chi connectivity index (χ0) is 12.4. The molecule has 0 aromatic carbocycles. The van der Waals surface area contributed by atoms with E-state index in [9.17, 15) is 4.79 Å². The second-order valence-electron chi connectivity index (χ2n) is 5.88. The van der Waals surface area contributed by atoms with Crippen LogP contribution in [0.2, 0.25) is 0 Å². The van der Waals surface area contributed by atoms with Crippen LogP contribution in [-0.4, -0.2) is 74.1 Å². The highest BCUT2D eigenvalue weighted by molar-refractivity contribution is 5.78. The fourth-order valence-electron chi connectivity index (χ4n) is 2.79. The Balaban J connectivity index is 1.30. The summed E-state index contributed by atoms with van der Waals surface area (Å²) in [4.78, 5) is 16.5. The monoisotopic (exact) mass is 252 g/mol. The summed E-state index contributed by atoms with van der Waals surface area (Å²) in [5, 5.41) is 6.41. The average molecular weight is 252 g/mol. The van der Waals surface area contributed by atoms with Gasteiger partial charge in [0.2, 0.25) is 5.91 Å². The summed E-state index contributed by atoms with van der Waals surface area (Å²) < 4.78 is 0. The van der Waals surface area contributed by atoms with Crippen LogP contribution in [0.4, 0.5) is 0 Å². The van der Waals surface area contributed by atoms with E-state index in [1.807, 2.05) is 0 Å². The Kier molecular flexibility index (Phi) is 3.82. The molecule has 102 valence electrons. The Bertz CT molecular complexity index is 293. The van der Waals surface area contributed by atoms with Gasteiger partial charge >= 0.3 is 0 Å². The summed E-state index contributed by atoms with van der Waals surface area (Å²) in [6, 6.07) is 0.684. The van der Waals surface area contributed by atoms with Gasteiger partial charge in [0.1, 0.15) is 0 Å². The fraction of sp³-hybridized carbons (Fsp3) is 0.923. The highest BCUT2D eigenvalue weighted by Gasteiger charge is 2.33. The molecule has 3 aliphatic rings. The molecule has 3 fully saturated rings. The van der Waals surface area contributed by atoms with Crippen molar-refractivity contribution in [1.82, 2.24) is 20.4 Å². The molecular weight excluding hydrogens is 228 g/mol. The topological polar surface area (TPSA) is 47.6 Å². The molecule has 1 saturated carbocycles. The predicted molar refractivity (Wildman–Crippen MR) is 70.4 cm³/mol. The lowest BCUT2D eigenvalue weighted by Crippen LogP contribution is -2.63. The van der Waals surface area contributed by atoms with Gasteiger partial charge in [-0.05, 0) is 18.8 Å². The van der Waals surface area contributed by atoms with Crippen molar-refractivity contribution in [3.8, 4) is 0 Å². The zero-order valence-electron chi connectivity index (χ0n) is 11.0. The molecule has 0 atom stereocenters. The summed E-state index contributed by atoms with van der Waals surface area (Å²) in [5.74, 6) is 0.986. The van der Waals surface area contributed by atoms with Gasteiger partial charge in [-0.15, -0.1) is 0 Å². The number of carbonyl (C=O) groups is 1. The lowest BCUT2D eigenvalue weighted by Gasteiger charge is -2.46. The molecule has 2 saturated heterocycles. The van der Waals surface area contributed by atoms with Crippen LogP contribution in [0, 0.1) is 5.92 Å². The molecule has 0 bridgehead atoms. The van der Waals surface area contributed by atoms with Crippen molar-refractivity contribution in [3.63, 3.8) is 0 Å². The molecule has 0 aromatic heterocycles. The number of nitrogens with one attached hydrogen (secondary N) is 2. The normalized spacial score (nSPS) is 26.9. The standard InChI is InChI=1S/C13H24N4O/c18-13(15-7-11-1-2-11)10-16-8-12(9-16)17-5-3-14-4-6-17/h11-12,14H,1-10H2,(H,15,18). The second-order valence-corrected chi connectivity index (χ2v) is 5.88. The third-order valence-corrected chi connectivity index (χ3v) is 4.26. The van der Waals surface area contributed by atoms with E-state index in [2.05, 4.69) is 20.4 Å². The van der Waals surface area contributed by atoms with Crippen LogP contribution in [0.3, 0.4) is 0 Å². The van der Waals surface area contributed by atoms with Gasteiger partial charge in [0, 0.05) is 51.9 Å². The maximum absolute atomic E-state index is 11.7. The molecule has 18 heavy (non-hydrogen) atoms. The highest BCUT2D eigenvalue weighted by atomic mass is 16.2. The van der Waals surface area contributed by atoms with Crippen LogP contribution in [0.15, 0.2) is 0 Å². The van der Waals surface area contributed by atoms with Gasteiger partial charge in [-0.25, -0.2) is 0 Å². The number of piperazine rings is 1. The third-order valence-electron chi connectivity index (χ3n) is 4.26. The Labute approximate surface area is 109 Å². The first-order valence-electron chi connectivity index (χ1n) is 7.25. The lowest BCUT2D eigenvalue weighted by molar-refractivity contribution is -0.124. The minimum atomic E-state index is 0.209. The fourth-order valence-corrected chi connectivity index (χ4v) is 2.79. The minimum absolute atomic E-state index is 0.209. The molecule has 0 radical (unpaired) electrons. The van der Waals surface area contributed by atoms with E-state index in [1.54, 1.807) is 0 Å². The Morgan fingerprint density at radius 3 is 2.61 bits per heavy atom. The molecule has 5 heteroatoms.